The maximum Gasteiger partial charge on any atom is 0.227 e. The Kier molecular flexibility index (Phi) is 4.74. The first-order valence-corrected chi connectivity index (χ1v) is 6.22. The van der Waals surface area contributed by atoms with Gasteiger partial charge in [-0.05, 0) is 33.2 Å². The molecule has 3 N–H and O–H groups in total. The van der Waals surface area contributed by atoms with Crippen LogP contribution in [0, 0.1) is 5.41 Å². The molecule has 16 heavy (non-hydrogen) atoms. The summed E-state index contributed by atoms with van der Waals surface area (Å²) in [5.41, 5.74) is 5.23. The predicted octanol–water partition coefficient (Wildman–Crippen LogP) is 0.572. The molecule has 0 aliphatic heterocycles. The molecule has 0 aromatic carbocycles. The summed E-state index contributed by atoms with van der Waals surface area (Å²) in [6.07, 6.45) is 3.40. The van der Waals surface area contributed by atoms with E-state index in [0.717, 1.165) is 25.6 Å². The smallest absolute Gasteiger partial charge is 0.227 e. The minimum Gasteiger partial charge on any atom is -0.354 e. The van der Waals surface area contributed by atoms with Crippen molar-refractivity contribution in [3.63, 3.8) is 0 Å². The van der Waals surface area contributed by atoms with E-state index in [4.69, 9.17) is 5.73 Å². The van der Waals surface area contributed by atoms with E-state index in [1.54, 1.807) is 0 Å². The van der Waals surface area contributed by atoms with Gasteiger partial charge in [0, 0.05) is 25.7 Å². The van der Waals surface area contributed by atoms with E-state index >= 15 is 0 Å². The van der Waals surface area contributed by atoms with Crippen LogP contribution in [0.4, 0.5) is 0 Å². The molecule has 1 amide bonds. The molecule has 1 saturated carbocycles. The molecule has 1 atom stereocenters. The first-order chi connectivity index (χ1) is 7.53. The zero-order chi connectivity index (χ0) is 12.2. The topological polar surface area (TPSA) is 58.4 Å². The lowest BCUT2D eigenvalue weighted by molar-refractivity contribution is -0.129. The second-order valence-electron chi connectivity index (χ2n) is 5.09. The fourth-order valence-corrected chi connectivity index (χ4v) is 1.65. The summed E-state index contributed by atoms with van der Waals surface area (Å²) in [4.78, 5) is 14.2. The molecule has 0 aromatic rings. The molecule has 0 bridgehead atoms. The third-order valence-electron chi connectivity index (χ3n) is 3.70. The van der Waals surface area contributed by atoms with Crippen LogP contribution in [0.3, 0.4) is 0 Å². The van der Waals surface area contributed by atoms with Gasteiger partial charge in [0.25, 0.3) is 0 Å². The highest BCUT2D eigenvalue weighted by Crippen LogP contribution is 2.24. The fraction of sp³-hybridized carbons (Fsp3) is 0.917. The number of rotatable bonds is 7. The molecule has 0 heterocycles. The number of hydrogen-bond donors (Lipinski definition) is 2. The lowest BCUT2D eigenvalue weighted by Gasteiger charge is -2.25. The van der Waals surface area contributed by atoms with E-state index in [2.05, 4.69) is 17.3 Å². The first-order valence-electron chi connectivity index (χ1n) is 6.22. The zero-order valence-electron chi connectivity index (χ0n) is 10.8. The van der Waals surface area contributed by atoms with Crippen molar-refractivity contribution in [1.82, 2.24) is 10.2 Å². The monoisotopic (exact) mass is 227 g/mol. The van der Waals surface area contributed by atoms with Gasteiger partial charge in [0.1, 0.15) is 0 Å². The Morgan fingerprint density at radius 3 is 2.62 bits per heavy atom. The van der Waals surface area contributed by atoms with Crippen molar-refractivity contribution < 1.29 is 4.79 Å². The maximum absolute atomic E-state index is 11.9. The highest BCUT2D eigenvalue weighted by molar-refractivity contribution is 5.82. The summed E-state index contributed by atoms with van der Waals surface area (Å²) in [5, 5.41) is 2.98. The van der Waals surface area contributed by atoms with Gasteiger partial charge in [-0.2, -0.15) is 0 Å². The standard InChI is InChI=1S/C12H25N3O/c1-4-12(2,9-13)11(16)14-7-8-15(3)10-5-6-10/h10H,4-9,13H2,1-3H3,(H,14,16). The van der Waals surface area contributed by atoms with Crippen molar-refractivity contribution in [2.45, 2.75) is 39.2 Å². The average Bonchev–Trinajstić information content (AvgIpc) is 3.11. The third kappa shape index (κ3) is 3.46. The van der Waals surface area contributed by atoms with E-state index in [9.17, 15) is 4.79 Å². The van der Waals surface area contributed by atoms with Crippen LogP contribution in [0.25, 0.3) is 0 Å². The van der Waals surface area contributed by atoms with Crippen molar-refractivity contribution in [2.75, 3.05) is 26.7 Å². The van der Waals surface area contributed by atoms with E-state index in [1.807, 2.05) is 13.8 Å². The van der Waals surface area contributed by atoms with Crippen LogP contribution in [0.15, 0.2) is 0 Å². The van der Waals surface area contributed by atoms with Gasteiger partial charge in [-0.1, -0.05) is 6.92 Å². The van der Waals surface area contributed by atoms with Gasteiger partial charge in [-0.15, -0.1) is 0 Å². The summed E-state index contributed by atoms with van der Waals surface area (Å²) >= 11 is 0. The second-order valence-corrected chi connectivity index (χ2v) is 5.09. The summed E-state index contributed by atoms with van der Waals surface area (Å²) in [7, 11) is 2.12. The largest absolute Gasteiger partial charge is 0.354 e. The van der Waals surface area contributed by atoms with E-state index in [-0.39, 0.29) is 5.91 Å². The number of carbonyl (C=O) groups is 1. The molecular weight excluding hydrogens is 202 g/mol. The van der Waals surface area contributed by atoms with Crippen molar-refractivity contribution in [1.29, 1.82) is 0 Å². The number of nitrogens with two attached hydrogens (primary N) is 1. The van der Waals surface area contributed by atoms with Gasteiger partial charge in [0.2, 0.25) is 5.91 Å². The molecule has 0 saturated heterocycles. The predicted molar refractivity (Wildman–Crippen MR) is 66.1 cm³/mol. The number of hydrogen-bond acceptors (Lipinski definition) is 3. The van der Waals surface area contributed by atoms with Gasteiger partial charge in [0.05, 0.1) is 5.41 Å². The van der Waals surface area contributed by atoms with Gasteiger partial charge in [0.15, 0.2) is 0 Å². The van der Waals surface area contributed by atoms with Crippen LogP contribution < -0.4 is 11.1 Å². The van der Waals surface area contributed by atoms with Gasteiger partial charge < -0.3 is 16.0 Å². The Labute approximate surface area is 98.6 Å². The van der Waals surface area contributed by atoms with Crippen LogP contribution in [-0.4, -0.2) is 43.5 Å². The number of nitrogens with one attached hydrogen (secondary N) is 1. The Balaban J connectivity index is 2.23. The highest BCUT2D eigenvalue weighted by atomic mass is 16.2. The third-order valence-corrected chi connectivity index (χ3v) is 3.70. The number of carbonyl (C=O) groups excluding carboxylic acids is 1. The van der Waals surface area contributed by atoms with Gasteiger partial charge in [-0.25, -0.2) is 0 Å². The molecule has 4 nitrogen and oxygen atoms in total. The van der Waals surface area contributed by atoms with Crippen LogP contribution >= 0.6 is 0 Å². The average molecular weight is 227 g/mol. The first kappa shape index (κ1) is 13.5. The van der Waals surface area contributed by atoms with Crippen LogP contribution in [0.2, 0.25) is 0 Å². The Morgan fingerprint density at radius 2 is 2.19 bits per heavy atom. The summed E-state index contributed by atoms with van der Waals surface area (Å²) in [6, 6.07) is 0.754. The minimum absolute atomic E-state index is 0.0849. The molecule has 94 valence electrons. The molecule has 1 rings (SSSR count). The van der Waals surface area contributed by atoms with Crippen molar-refractivity contribution >= 4 is 5.91 Å². The number of nitrogens with zero attached hydrogens (tertiary/aromatic N) is 1. The second kappa shape index (κ2) is 5.64. The molecule has 0 radical (unpaired) electrons. The van der Waals surface area contributed by atoms with Gasteiger partial charge >= 0.3 is 0 Å². The lowest BCUT2D eigenvalue weighted by atomic mass is 9.87. The number of likely N-dealkylation sites (N-methyl/N-ethyl adjacent to an activating group) is 1. The van der Waals surface area contributed by atoms with E-state index in [1.165, 1.54) is 12.8 Å². The zero-order valence-corrected chi connectivity index (χ0v) is 10.8. The Bertz CT molecular complexity index is 234. The molecule has 1 unspecified atom stereocenters. The fourth-order valence-electron chi connectivity index (χ4n) is 1.65. The van der Waals surface area contributed by atoms with E-state index in [0.29, 0.717) is 6.54 Å². The lowest BCUT2D eigenvalue weighted by Crippen LogP contribution is -2.45. The Hall–Kier alpha value is -0.610. The molecule has 0 aromatic heterocycles. The van der Waals surface area contributed by atoms with Crippen molar-refractivity contribution in [3.05, 3.63) is 0 Å². The normalized spacial score (nSPS) is 19.6. The molecule has 1 aliphatic rings. The van der Waals surface area contributed by atoms with Crippen LogP contribution in [0.1, 0.15) is 33.1 Å². The quantitative estimate of drug-likeness (QED) is 0.668. The summed E-state index contributed by atoms with van der Waals surface area (Å²) in [5.74, 6) is 0.0849. The number of amides is 1. The van der Waals surface area contributed by atoms with E-state index < -0.39 is 5.41 Å². The van der Waals surface area contributed by atoms with Crippen molar-refractivity contribution in [3.8, 4) is 0 Å². The Morgan fingerprint density at radius 1 is 1.56 bits per heavy atom. The summed E-state index contributed by atoms with van der Waals surface area (Å²) < 4.78 is 0. The SMILES string of the molecule is CCC(C)(CN)C(=O)NCCN(C)C1CC1. The van der Waals surface area contributed by atoms with Gasteiger partial charge in [-0.3, -0.25) is 4.79 Å². The highest BCUT2D eigenvalue weighted by Gasteiger charge is 2.30. The molecular formula is C12H25N3O. The molecule has 1 fully saturated rings. The van der Waals surface area contributed by atoms with Crippen molar-refractivity contribution in [2.24, 2.45) is 11.1 Å². The maximum atomic E-state index is 11.9. The van der Waals surface area contributed by atoms with Crippen LogP contribution in [0.5, 0.6) is 0 Å². The molecule has 1 aliphatic carbocycles. The minimum atomic E-state index is -0.405. The van der Waals surface area contributed by atoms with Crippen LogP contribution in [-0.2, 0) is 4.79 Å². The molecule has 0 spiro atoms. The summed E-state index contributed by atoms with van der Waals surface area (Å²) in [6.45, 7) is 5.99. The molecule has 4 heteroatoms.